The highest BCUT2D eigenvalue weighted by Crippen LogP contribution is 2.44. The van der Waals surface area contributed by atoms with Gasteiger partial charge in [0.25, 0.3) is 0 Å². The van der Waals surface area contributed by atoms with Gasteiger partial charge in [-0.3, -0.25) is 9.59 Å². The minimum atomic E-state index is -0.878. The van der Waals surface area contributed by atoms with E-state index in [0.717, 1.165) is 22.3 Å². The summed E-state index contributed by atoms with van der Waals surface area (Å²) in [6.45, 7) is 6.32. The van der Waals surface area contributed by atoms with Crippen LogP contribution in [0.4, 0.5) is 4.79 Å². The Balaban J connectivity index is 1.46. The molecular formula is C28H34N2O5. The number of hydrogen-bond donors (Lipinski definition) is 2. The molecule has 1 fully saturated rings. The van der Waals surface area contributed by atoms with E-state index in [-0.39, 0.29) is 30.4 Å². The number of carbonyl (C=O) groups is 3. The standard InChI is InChI=1S/C28H34N2O5/c1-4-17(3)25(26(31)30-15-14-22(27(32)33)24(30)5-2)29-28(34)35-16-23-20-12-8-6-10-18(20)19-11-7-9-13-21(19)23/h6-13,17,22-25H,4-5,14-16H2,1-3H3,(H,29,34)(H,32,33)/t17?,22?,24?,25-/m0/s1. The lowest BCUT2D eigenvalue weighted by molar-refractivity contribution is -0.144. The minimum Gasteiger partial charge on any atom is -0.481 e. The fraction of sp³-hybridized carbons (Fsp3) is 0.464. The number of nitrogens with zero attached hydrogens (tertiary/aromatic N) is 1. The van der Waals surface area contributed by atoms with E-state index in [0.29, 0.717) is 25.8 Å². The van der Waals surface area contributed by atoms with E-state index in [1.165, 1.54) is 0 Å². The molecule has 186 valence electrons. The summed E-state index contributed by atoms with van der Waals surface area (Å²) in [6.07, 6.45) is 1.04. The van der Waals surface area contributed by atoms with E-state index < -0.39 is 24.0 Å². The Morgan fingerprint density at radius 2 is 1.66 bits per heavy atom. The average Bonchev–Trinajstić information content (AvgIpc) is 3.45. The van der Waals surface area contributed by atoms with Crippen LogP contribution >= 0.6 is 0 Å². The van der Waals surface area contributed by atoms with Gasteiger partial charge in [0.1, 0.15) is 12.6 Å². The summed E-state index contributed by atoms with van der Waals surface area (Å²) in [5.41, 5.74) is 4.55. The smallest absolute Gasteiger partial charge is 0.407 e. The SMILES string of the molecule is CCC(C)[C@H](NC(=O)OCC1c2ccccc2-c2ccccc21)C(=O)N1CCC(C(=O)O)C1CC. The second-order valence-electron chi connectivity index (χ2n) is 9.57. The molecule has 0 bridgehead atoms. The van der Waals surface area contributed by atoms with Gasteiger partial charge in [-0.1, -0.05) is 75.7 Å². The molecule has 0 saturated carbocycles. The molecule has 4 rings (SSSR count). The van der Waals surface area contributed by atoms with Gasteiger partial charge in [0.05, 0.1) is 5.92 Å². The van der Waals surface area contributed by atoms with Crippen molar-refractivity contribution < 1.29 is 24.2 Å². The largest absolute Gasteiger partial charge is 0.481 e. The summed E-state index contributed by atoms with van der Waals surface area (Å²) in [6, 6.07) is 15.1. The number of carbonyl (C=O) groups excluding carboxylic acids is 2. The zero-order chi connectivity index (χ0) is 25.1. The van der Waals surface area contributed by atoms with Crippen LogP contribution in [0.3, 0.4) is 0 Å². The van der Waals surface area contributed by atoms with E-state index >= 15 is 0 Å². The Kier molecular flexibility index (Phi) is 7.43. The molecule has 35 heavy (non-hydrogen) atoms. The third-order valence-corrected chi connectivity index (χ3v) is 7.66. The Hall–Kier alpha value is -3.35. The second kappa shape index (κ2) is 10.5. The highest BCUT2D eigenvalue weighted by atomic mass is 16.5. The number of nitrogens with one attached hydrogen (secondary N) is 1. The van der Waals surface area contributed by atoms with Crippen LogP contribution in [0.2, 0.25) is 0 Å². The van der Waals surface area contributed by atoms with Gasteiger partial charge in [0.15, 0.2) is 0 Å². The Bertz CT molecular complexity index is 1050. The van der Waals surface area contributed by atoms with Crippen molar-refractivity contribution in [2.24, 2.45) is 11.8 Å². The molecule has 7 nitrogen and oxygen atoms in total. The van der Waals surface area contributed by atoms with Gasteiger partial charge in [0, 0.05) is 18.5 Å². The summed E-state index contributed by atoms with van der Waals surface area (Å²) in [7, 11) is 0. The molecule has 1 aliphatic carbocycles. The highest BCUT2D eigenvalue weighted by Gasteiger charge is 2.43. The number of hydrogen-bond acceptors (Lipinski definition) is 4. The Morgan fingerprint density at radius 3 is 2.20 bits per heavy atom. The number of rotatable bonds is 8. The second-order valence-corrected chi connectivity index (χ2v) is 9.57. The number of amides is 2. The first kappa shape index (κ1) is 24.8. The van der Waals surface area contributed by atoms with Crippen LogP contribution in [0.15, 0.2) is 48.5 Å². The van der Waals surface area contributed by atoms with Gasteiger partial charge in [-0.15, -0.1) is 0 Å². The first-order chi connectivity index (χ1) is 16.9. The molecule has 1 aliphatic heterocycles. The summed E-state index contributed by atoms with van der Waals surface area (Å²) >= 11 is 0. The summed E-state index contributed by atoms with van der Waals surface area (Å²) in [5.74, 6) is -1.87. The number of ether oxygens (including phenoxy) is 1. The quantitative estimate of drug-likeness (QED) is 0.576. The molecule has 2 aromatic rings. The zero-order valence-corrected chi connectivity index (χ0v) is 20.6. The van der Waals surface area contributed by atoms with Crippen molar-refractivity contribution in [3.05, 3.63) is 59.7 Å². The van der Waals surface area contributed by atoms with Crippen molar-refractivity contribution in [3.8, 4) is 11.1 Å². The van der Waals surface area contributed by atoms with Crippen molar-refractivity contribution in [1.29, 1.82) is 0 Å². The maximum Gasteiger partial charge on any atom is 0.407 e. The van der Waals surface area contributed by atoms with E-state index in [9.17, 15) is 19.5 Å². The molecule has 0 spiro atoms. The van der Waals surface area contributed by atoms with Crippen molar-refractivity contribution >= 4 is 18.0 Å². The van der Waals surface area contributed by atoms with Gasteiger partial charge in [-0.25, -0.2) is 4.79 Å². The molecule has 2 aromatic carbocycles. The third kappa shape index (κ3) is 4.77. The molecule has 4 atom stereocenters. The molecule has 0 aromatic heterocycles. The van der Waals surface area contributed by atoms with Gasteiger partial charge in [-0.2, -0.15) is 0 Å². The molecular weight excluding hydrogens is 444 g/mol. The highest BCUT2D eigenvalue weighted by molar-refractivity contribution is 5.87. The van der Waals surface area contributed by atoms with Crippen LogP contribution in [0.5, 0.6) is 0 Å². The monoisotopic (exact) mass is 478 g/mol. The topological polar surface area (TPSA) is 95.9 Å². The van der Waals surface area contributed by atoms with Crippen molar-refractivity contribution in [3.63, 3.8) is 0 Å². The predicted octanol–water partition coefficient (Wildman–Crippen LogP) is 4.65. The van der Waals surface area contributed by atoms with Gasteiger partial charge in [0.2, 0.25) is 5.91 Å². The summed E-state index contributed by atoms with van der Waals surface area (Å²) < 4.78 is 5.68. The first-order valence-electron chi connectivity index (χ1n) is 12.5. The molecule has 2 aliphatic rings. The number of benzene rings is 2. The van der Waals surface area contributed by atoms with Crippen LogP contribution in [0.1, 0.15) is 57.1 Å². The van der Waals surface area contributed by atoms with Crippen LogP contribution in [0, 0.1) is 11.8 Å². The molecule has 2 amide bonds. The normalized spacial score (nSPS) is 20.6. The van der Waals surface area contributed by atoms with Crippen LogP contribution in [0.25, 0.3) is 11.1 Å². The number of aliphatic carboxylic acids is 1. The van der Waals surface area contributed by atoms with Gasteiger partial charge < -0.3 is 20.1 Å². The van der Waals surface area contributed by atoms with Crippen molar-refractivity contribution in [1.82, 2.24) is 10.2 Å². The number of carboxylic acid groups (broad SMARTS) is 1. The summed E-state index contributed by atoms with van der Waals surface area (Å²) in [5, 5.41) is 12.3. The fourth-order valence-electron chi connectivity index (χ4n) is 5.55. The van der Waals surface area contributed by atoms with E-state index in [2.05, 4.69) is 29.6 Å². The summed E-state index contributed by atoms with van der Waals surface area (Å²) in [4.78, 5) is 39.6. The van der Waals surface area contributed by atoms with E-state index in [1.54, 1.807) is 4.90 Å². The van der Waals surface area contributed by atoms with Crippen LogP contribution in [-0.2, 0) is 14.3 Å². The molecule has 2 N–H and O–H groups in total. The average molecular weight is 479 g/mol. The lowest BCUT2D eigenvalue weighted by atomic mass is 9.95. The van der Waals surface area contributed by atoms with Crippen molar-refractivity contribution in [2.45, 2.75) is 58.0 Å². The molecule has 7 heteroatoms. The predicted molar refractivity (Wildman–Crippen MR) is 133 cm³/mol. The Morgan fingerprint density at radius 1 is 1.06 bits per heavy atom. The van der Waals surface area contributed by atoms with E-state index in [4.69, 9.17) is 4.74 Å². The van der Waals surface area contributed by atoms with Gasteiger partial charge in [-0.05, 0) is 41.0 Å². The zero-order valence-electron chi connectivity index (χ0n) is 20.6. The molecule has 1 saturated heterocycles. The lowest BCUT2D eigenvalue weighted by Crippen LogP contribution is -2.53. The number of carboxylic acids is 1. The Labute approximate surface area is 206 Å². The number of likely N-dealkylation sites (tertiary alicyclic amines) is 1. The minimum absolute atomic E-state index is 0.0646. The van der Waals surface area contributed by atoms with Crippen molar-refractivity contribution in [2.75, 3.05) is 13.2 Å². The van der Waals surface area contributed by atoms with Gasteiger partial charge >= 0.3 is 12.1 Å². The molecule has 0 radical (unpaired) electrons. The fourth-order valence-corrected chi connectivity index (χ4v) is 5.55. The first-order valence-corrected chi connectivity index (χ1v) is 12.5. The van der Waals surface area contributed by atoms with Crippen LogP contribution in [-0.4, -0.2) is 53.2 Å². The number of alkyl carbamates (subject to hydrolysis) is 1. The maximum absolute atomic E-state index is 13.5. The van der Waals surface area contributed by atoms with E-state index in [1.807, 2.05) is 45.0 Å². The number of fused-ring (bicyclic) bond motifs is 3. The molecule has 1 heterocycles. The van der Waals surface area contributed by atoms with Crippen LogP contribution < -0.4 is 5.32 Å². The maximum atomic E-state index is 13.5. The molecule has 3 unspecified atom stereocenters. The lowest BCUT2D eigenvalue weighted by Gasteiger charge is -2.32. The third-order valence-electron chi connectivity index (χ3n) is 7.66.